The minimum atomic E-state index is -2.30. The summed E-state index contributed by atoms with van der Waals surface area (Å²) in [6.07, 6.45) is -3.07. The van der Waals surface area contributed by atoms with Gasteiger partial charge in [-0.2, -0.15) is 0 Å². The summed E-state index contributed by atoms with van der Waals surface area (Å²) in [4.78, 5) is 58.2. The zero-order valence-corrected chi connectivity index (χ0v) is 39.4. The van der Waals surface area contributed by atoms with Crippen LogP contribution >= 0.6 is 11.8 Å². The lowest BCUT2D eigenvalue weighted by Crippen LogP contribution is -2.55. The van der Waals surface area contributed by atoms with Crippen molar-refractivity contribution < 1.29 is 83.3 Å². The fraction of sp³-hybridized carbons (Fsp3) is 0.510. The van der Waals surface area contributed by atoms with Crippen LogP contribution < -0.4 is 4.74 Å². The number of fused-ring (bicyclic) bond motifs is 6. The molecule has 2 aromatic heterocycles. The molecule has 3 saturated heterocycles. The molecule has 0 spiro atoms. The van der Waals surface area contributed by atoms with Crippen LogP contribution in [0.2, 0.25) is 0 Å². The number of rotatable bonds is 13. The first kappa shape index (κ1) is 48.0. The number of morpholine rings is 1. The van der Waals surface area contributed by atoms with Crippen molar-refractivity contribution in [1.29, 1.82) is 0 Å². The van der Waals surface area contributed by atoms with E-state index in [9.17, 15) is 54.9 Å². The van der Waals surface area contributed by atoms with Crippen molar-refractivity contribution in [1.82, 2.24) is 14.0 Å². The monoisotopic (exact) mass is 989 g/mol. The van der Waals surface area contributed by atoms with Crippen molar-refractivity contribution in [3.63, 3.8) is 0 Å². The Morgan fingerprint density at radius 1 is 0.886 bits per heavy atom. The van der Waals surface area contributed by atoms with Gasteiger partial charge in [-0.15, -0.1) is 11.8 Å². The average molecular weight is 990 g/mol. The molecular formula is C49H55N3O17S. The molecular weight excluding hydrogens is 935 g/mol. The van der Waals surface area contributed by atoms with Gasteiger partial charge in [0.15, 0.2) is 53.8 Å². The Hall–Kier alpha value is -5.65. The number of ether oxygens (including phenoxy) is 6. The molecule has 0 bridgehead atoms. The number of aromatic nitrogens is 2. The SMILES string of the molecule is COc1cccc2c1C(=O)c1c(O)c3c(c(O)c1C2=O)C[C@@](O)(C(=O)CSc1cc(O)n(CC2CCC(C(=O)Cn4c(O)ccc4O)CC2)c1O)C[C@@H]3O[C@H]1C[C@H]2[C@H](O[C@@H]3[C@@H](OC)OCCN32)[C@H](C)O1. The fourth-order valence-electron chi connectivity index (χ4n) is 11.4. The molecule has 7 N–H and O–H groups in total. The summed E-state index contributed by atoms with van der Waals surface area (Å²) in [7, 11) is 2.86. The zero-order chi connectivity index (χ0) is 49.5. The van der Waals surface area contributed by atoms with Crippen molar-refractivity contribution in [3.8, 4) is 40.8 Å². The van der Waals surface area contributed by atoms with Gasteiger partial charge in [0.05, 0.1) is 59.8 Å². The second kappa shape index (κ2) is 18.5. The molecule has 10 rings (SSSR count). The summed E-state index contributed by atoms with van der Waals surface area (Å²) in [5.41, 5.74) is -3.71. The van der Waals surface area contributed by atoms with Gasteiger partial charge in [0.1, 0.15) is 29.0 Å². The molecule has 4 fully saturated rings. The number of aromatic hydroxyl groups is 6. The number of thioether (sulfide) groups is 1. The molecule has 6 aliphatic rings. The maximum absolute atomic E-state index is 14.4. The molecule has 374 valence electrons. The predicted octanol–water partition coefficient (Wildman–Crippen LogP) is 4.01. The molecule has 3 aliphatic heterocycles. The number of methoxy groups -OCH3 is 2. The van der Waals surface area contributed by atoms with Crippen molar-refractivity contribution in [2.24, 2.45) is 11.8 Å². The smallest absolute Gasteiger partial charge is 0.208 e. The topological polar surface area (TPSA) is 278 Å². The highest BCUT2D eigenvalue weighted by Gasteiger charge is 2.55. The number of Topliss-reactive ketones (excluding diaryl/α,β-unsaturated/α-hetero) is 2. The maximum Gasteiger partial charge on any atom is 0.208 e. The Morgan fingerprint density at radius 2 is 1.61 bits per heavy atom. The minimum Gasteiger partial charge on any atom is -0.507 e. The van der Waals surface area contributed by atoms with E-state index in [1.54, 1.807) is 0 Å². The zero-order valence-electron chi connectivity index (χ0n) is 38.6. The minimum absolute atomic E-state index is 0.0191. The van der Waals surface area contributed by atoms with E-state index in [1.165, 1.54) is 55.2 Å². The Kier molecular flexibility index (Phi) is 12.7. The number of phenols is 2. The lowest BCUT2D eigenvalue weighted by molar-refractivity contribution is -0.256. The summed E-state index contributed by atoms with van der Waals surface area (Å²) in [5, 5.41) is 79.0. The number of phenolic OH excluding ortho intramolecular Hbond substituents is 2. The van der Waals surface area contributed by atoms with Crippen LogP contribution in [0.1, 0.15) is 94.5 Å². The van der Waals surface area contributed by atoms with Crippen LogP contribution in [0.5, 0.6) is 40.8 Å². The van der Waals surface area contributed by atoms with Crippen molar-refractivity contribution >= 4 is 34.9 Å². The van der Waals surface area contributed by atoms with Crippen LogP contribution in [0, 0.1) is 11.8 Å². The first-order chi connectivity index (χ1) is 33.5. The van der Waals surface area contributed by atoms with Gasteiger partial charge in [-0.1, -0.05) is 12.1 Å². The number of benzene rings is 2. The highest BCUT2D eigenvalue weighted by Crippen LogP contribution is 2.53. The number of nitrogens with zero attached hydrogens (tertiary/aromatic N) is 3. The molecule has 2 aromatic carbocycles. The normalized spacial score (nSPS) is 29.5. The molecule has 0 radical (unpaired) electrons. The van der Waals surface area contributed by atoms with Crippen molar-refractivity contribution in [3.05, 3.63) is 69.8 Å². The molecule has 21 heteroatoms. The van der Waals surface area contributed by atoms with E-state index in [-0.39, 0.29) is 99.6 Å². The van der Waals surface area contributed by atoms with Crippen LogP contribution in [-0.4, -0.2) is 149 Å². The molecule has 1 saturated carbocycles. The van der Waals surface area contributed by atoms with Gasteiger partial charge in [-0.3, -0.25) is 33.2 Å². The van der Waals surface area contributed by atoms with Gasteiger partial charge in [0.25, 0.3) is 0 Å². The molecule has 8 atom stereocenters. The molecule has 5 heterocycles. The lowest BCUT2D eigenvalue weighted by Gasteiger charge is -2.43. The third kappa shape index (κ3) is 8.09. The van der Waals surface area contributed by atoms with E-state index >= 15 is 0 Å². The highest BCUT2D eigenvalue weighted by molar-refractivity contribution is 8.00. The summed E-state index contributed by atoms with van der Waals surface area (Å²) >= 11 is 0.865. The van der Waals surface area contributed by atoms with Crippen LogP contribution in [0.3, 0.4) is 0 Å². The van der Waals surface area contributed by atoms with Crippen LogP contribution in [0.15, 0.2) is 41.3 Å². The quantitative estimate of drug-likeness (QED) is 0.0648. The van der Waals surface area contributed by atoms with E-state index in [2.05, 4.69) is 4.90 Å². The number of carbonyl (C=O) groups is 4. The van der Waals surface area contributed by atoms with Gasteiger partial charge in [0, 0.05) is 86.3 Å². The molecule has 4 aromatic rings. The largest absolute Gasteiger partial charge is 0.507 e. The lowest BCUT2D eigenvalue weighted by atomic mass is 9.72. The molecule has 70 heavy (non-hydrogen) atoms. The molecule has 3 aliphatic carbocycles. The van der Waals surface area contributed by atoms with E-state index in [1.807, 2.05) is 6.92 Å². The maximum atomic E-state index is 14.4. The standard InChI is InChI=1S/C49H55N3O17S/c1-22-45-27(50-13-14-66-48(65-3)47(50)69-45)15-36(67-22)68-30-18-49(63,17-26-38(30)44(61)40-39(42(26)59)41(58)25-5-4-6-29(64-2)37(25)43(40)60)32(54)21-70-31-16-35(57)52(46(31)62)19-23-7-9-24(10-8-23)28(53)20-51-33(55)11-12-34(51)56/h4-6,11-12,16,22-24,27,30,36,45,47-48,55-57,59,61-63H,7-10,13-15,17-21H2,1-3H3/t22-,23?,24?,27-,30-,36-,45+,47+,48-,49-/m0/s1. The molecule has 20 nitrogen and oxygen atoms in total. The van der Waals surface area contributed by atoms with Crippen LogP contribution in [0.25, 0.3) is 0 Å². The summed E-state index contributed by atoms with van der Waals surface area (Å²) < 4.78 is 38.6. The highest BCUT2D eigenvalue weighted by atomic mass is 32.2. The van der Waals surface area contributed by atoms with Crippen LogP contribution in [0.4, 0.5) is 0 Å². The van der Waals surface area contributed by atoms with Crippen molar-refractivity contribution in [2.75, 3.05) is 33.1 Å². The Bertz CT molecular complexity index is 2740. The first-order valence-electron chi connectivity index (χ1n) is 23.3. The Morgan fingerprint density at radius 3 is 2.33 bits per heavy atom. The predicted molar refractivity (Wildman–Crippen MR) is 243 cm³/mol. The third-order valence-electron chi connectivity index (χ3n) is 15.1. The van der Waals surface area contributed by atoms with Crippen LogP contribution in [-0.2, 0) is 52.8 Å². The van der Waals surface area contributed by atoms with Gasteiger partial charge >= 0.3 is 0 Å². The summed E-state index contributed by atoms with van der Waals surface area (Å²) in [5.74, 6) is -5.46. The number of hydrogen-bond acceptors (Lipinski definition) is 19. The molecule has 0 amide bonds. The second-order valence-corrected chi connectivity index (χ2v) is 20.0. The average Bonchev–Trinajstić information content (AvgIpc) is 3.98. The number of carbonyl (C=O) groups excluding carboxylic acids is 4. The van der Waals surface area contributed by atoms with Gasteiger partial charge in [-0.25, -0.2) is 0 Å². The Balaban J connectivity index is 0.894. The van der Waals surface area contributed by atoms with Gasteiger partial charge in [-0.05, 0) is 44.6 Å². The van der Waals surface area contributed by atoms with E-state index in [0.717, 1.165) is 16.3 Å². The van der Waals surface area contributed by atoms with E-state index < -0.39 is 101 Å². The number of aliphatic hydroxyl groups is 1. The van der Waals surface area contributed by atoms with Crippen molar-refractivity contribution in [2.45, 2.75) is 119 Å². The summed E-state index contributed by atoms with van der Waals surface area (Å²) in [6.45, 7) is 2.78. The summed E-state index contributed by atoms with van der Waals surface area (Å²) in [6, 6.07) is 8.10. The number of ketones is 4. The second-order valence-electron chi connectivity index (χ2n) is 19.0. The molecule has 0 unspecified atom stereocenters. The Labute approximate surface area is 405 Å². The van der Waals surface area contributed by atoms with Gasteiger partial charge < -0.3 is 64.2 Å². The van der Waals surface area contributed by atoms with Gasteiger partial charge in [0.2, 0.25) is 11.7 Å². The van der Waals surface area contributed by atoms with E-state index in [4.69, 9.17) is 28.4 Å². The number of hydrogen-bond donors (Lipinski definition) is 7. The third-order valence-corrected chi connectivity index (χ3v) is 16.1. The first-order valence-corrected chi connectivity index (χ1v) is 24.3. The van der Waals surface area contributed by atoms with E-state index in [0.29, 0.717) is 38.8 Å². The fourth-order valence-corrected chi connectivity index (χ4v) is 12.4.